The molecule has 0 aromatic heterocycles. The molecular formula is C18H16Cl3N3O4. The van der Waals surface area contributed by atoms with Crippen LogP contribution in [0.25, 0.3) is 0 Å². The van der Waals surface area contributed by atoms with E-state index in [9.17, 15) is 19.5 Å². The monoisotopic (exact) mass is 443 g/mol. The van der Waals surface area contributed by atoms with Crippen LogP contribution in [-0.4, -0.2) is 35.6 Å². The first-order chi connectivity index (χ1) is 13.3. The largest absolute Gasteiger partial charge is 0.480 e. The lowest BCUT2D eigenvalue weighted by Crippen LogP contribution is -2.50. The number of carbonyl (C=O) groups is 3. The van der Waals surface area contributed by atoms with E-state index in [1.54, 1.807) is 30.3 Å². The predicted molar refractivity (Wildman–Crippen MR) is 107 cm³/mol. The lowest BCUT2D eigenvalue weighted by molar-refractivity contribution is -0.139. The van der Waals surface area contributed by atoms with Gasteiger partial charge >= 0.3 is 12.0 Å². The van der Waals surface area contributed by atoms with E-state index >= 15 is 0 Å². The Hall–Kier alpha value is -2.48. The summed E-state index contributed by atoms with van der Waals surface area (Å²) in [5, 5.41) is 17.2. The number of carboxylic acids is 1. The number of halogens is 3. The molecule has 0 radical (unpaired) electrons. The highest BCUT2D eigenvalue weighted by Crippen LogP contribution is 2.24. The second-order valence-corrected chi connectivity index (χ2v) is 6.84. The highest BCUT2D eigenvalue weighted by molar-refractivity contribution is 6.39. The van der Waals surface area contributed by atoms with Gasteiger partial charge in [0.25, 0.3) is 5.91 Å². The molecule has 7 nitrogen and oxygen atoms in total. The topological polar surface area (TPSA) is 108 Å². The molecule has 4 N–H and O–H groups in total. The standard InChI is InChI=1S/C18H16Cl3N3O4/c19-11-5-2-1-4-10(11)8-22-18(28)23-9-14(17(26)27)24-16(25)15-12(20)6-3-7-13(15)21/h1-7,14H,8-9H2,(H,24,25)(H,26,27)(H2,22,23,28)/t14-/m0/s1. The molecule has 0 unspecified atom stereocenters. The van der Waals surface area contributed by atoms with Crippen LogP contribution in [0.15, 0.2) is 42.5 Å². The highest BCUT2D eigenvalue weighted by atomic mass is 35.5. The molecule has 2 aromatic carbocycles. The van der Waals surface area contributed by atoms with Crippen molar-refractivity contribution in [1.82, 2.24) is 16.0 Å². The zero-order chi connectivity index (χ0) is 20.7. The van der Waals surface area contributed by atoms with Crippen LogP contribution in [0.1, 0.15) is 15.9 Å². The van der Waals surface area contributed by atoms with Gasteiger partial charge in [-0.1, -0.05) is 59.1 Å². The quantitative estimate of drug-likeness (QED) is 0.525. The molecule has 3 amide bonds. The number of benzene rings is 2. The van der Waals surface area contributed by atoms with E-state index in [2.05, 4.69) is 16.0 Å². The molecule has 2 rings (SSSR count). The van der Waals surface area contributed by atoms with E-state index < -0.39 is 23.9 Å². The van der Waals surface area contributed by atoms with Crippen molar-refractivity contribution < 1.29 is 19.5 Å². The third kappa shape index (κ3) is 6.02. The Kier molecular flexibility index (Phi) is 7.92. The summed E-state index contributed by atoms with van der Waals surface area (Å²) in [7, 11) is 0. The van der Waals surface area contributed by atoms with Gasteiger partial charge in [-0.25, -0.2) is 9.59 Å². The van der Waals surface area contributed by atoms with Gasteiger partial charge in [0, 0.05) is 11.6 Å². The number of hydrogen-bond donors (Lipinski definition) is 4. The average Bonchev–Trinajstić information content (AvgIpc) is 2.64. The number of nitrogens with one attached hydrogen (secondary N) is 3. The lowest BCUT2D eigenvalue weighted by Gasteiger charge is -2.17. The Morgan fingerprint density at radius 2 is 1.50 bits per heavy atom. The molecule has 0 aliphatic heterocycles. The molecule has 0 saturated carbocycles. The number of carboxylic acid groups (broad SMARTS) is 1. The van der Waals surface area contributed by atoms with E-state index in [0.717, 1.165) is 0 Å². The second-order valence-electron chi connectivity index (χ2n) is 5.62. The van der Waals surface area contributed by atoms with Gasteiger partial charge in [0.05, 0.1) is 22.2 Å². The maximum atomic E-state index is 12.3. The van der Waals surface area contributed by atoms with Crippen molar-refractivity contribution in [3.63, 3.8) is 0 Å². The van der Waals surface area contributed by atoms with Crippen LogP contribution >= 0.6 is 34.8 Å². The van der Waals surface area contributed by atoms with Crippen LogP contribution in [0.4, 0.5) is 4.79 Å². The number of rotatable bonds is 7. The smallest absolute Gasteiger partial charge is 0.328 e. The Morgan fingerprint density at radius 1 is 0.893 bits per heavy atom. The van der Waals surface area contributed by atoms with Gasteiger partial charge < -0.3 is 21.1 Å². The summed E-state index contributed by atoms with van der Waals surface area (Å²) in [4.78, 5) is 35.6. The summed E-state index contributed by atoms with van der Waals surface area (Å²) < 4.78 is 0. The molecule has 10 heteroatoms. The van der Waals surface area contributed by atoms with Crippen molar-refractivity contribution in [3.8, 4) is 0 Å². The summed E-state index contributed by atoms with van der Waals surface area (Å²) in [6.07, 6.45) is 0. The van der Waals surface area contributed by atoms with Crippen LogP contribution < -0.4 is 16.0 Å². The molecule has 0 bridgehead atoms. The SMILES string of the molecule is O=C(NCc1ccccc1Cl)NC[C@H](NC(=O)c1c(Cl)cccc1Cl)C(=O)O. The first-order valence-corrected chi connectivity index (χ1v) is 9.15. The fraction of sp³-hybridized carbons (Fsp3) is 0.167. The van der Waals surface area contributed by atoms with Gasteiger partial charge in [-0.15, -0.1) is 0 Å². The first kappa shape index (κ1) is 21.8. The number of amides is 3. The summed E-state index contributed by atoms with van der Waals surface area (Å²) in [5.41, 5.74) is 0.663. The minimum atomic E-state index is -1.38. The van der Waals surface area contributed by atoms with Gasteiger partial charge in [0.15, 0.2) is 0 Å². The summed E-state index contributed by atoms with van der Waals surface area (Å²) in [6.45, 7) is -0.192. The fourth-order valence-electron chi connectivity index (χ4n) is 2.22. The maximum absolute atomic E-state index is 12.3. The van der Waals surface area contributed by atoms with Gasteiger partial charge in [-0.3, -0.25) is 4.79 Å². The normalized spacial score (nSPS) is 11.4. The van der Waals surface area contributed by atoms with Gasteiger partial charge in [-0.2, -0.15) is 0 Å². The van der Waals surface area contributed by atoms with Crippen molar-refractivity contribution in [2.45, 2.75) is 12.6 Å². The van der Waals surface area contributed by atoms with E-state index in [1.165, 1.54) is 12.1 Å². The van der Waals surface area contributed by atoms with Gasteiger partial charge in [-0.05, 0) is 23.8 Å². The minimum Gasteiger partial charge on any atom is -0.480 e. The molecule has 0 fully saturated rings. The number of carbonyl (C=O) groups excluding carboxylic acids is 2. The molecular weight excluding hydrogens is 429 g/mol. The first-order valence-electron chi connectivity index (χ1n) is 8.02. The van der Waals surface area contributed by atoms with E-state index in [-0.39, 0.29) is 28.7 Å². The number of aliphatic carboxylic acids is 1. The lowest BCUT2D eigenvalue weighted by atomic mass is 10.2. The maximum Gasteiger partial charge on any atom is 0.328 e. The Bertz CT molecular complexity index is 872. The molecule has 0 heterocycles. The summed E-state index contributed by atoms with van der Waals surface area (Å²) in [5.74, 6) is -2.09. The Labute approximate surface area is 176 Å². The molecule has 148 valence electrons. The Balaban J connectivity index is 1.92. The van der Waals surface area contributed by atoms with E-state index in [1.807, 2.05) is 0 Å². The average molecular weight is 445 g/mol. The third-order valence-corrected chi connectivity index (χ3v) is 4.66. The zero-order valence-corrected chi connectivity index (χ0v) is 16.6. The van der Waals surface area contributed by atoms with Crippen LogP contribution in [0.5, 0.6) is 0 Å². The van der Waals surface area contributed by atoms with E-state index in [0.29, 0.717) is 10.6 Å². The van der Waals surface area contributed by atoms with Crippen LogP contribution in [0.2, 0.25) is 15.1 Å². The van der Waals surface area contributed by atoms with Crippen molar-refractivity contribution in [3.05, 3.63) is 68.7 Å². The molecule has 0 spiro atoms. The summed E-state index contributed by atoms with van der Waals surface area (Å²) >= 11 is 17.9. The molecule has 2 aromatic rings. The van der Waals surface area contributed by atoms with Gasteiger partial charge in [0.1, 0.15) is 6.04 Å². The third-order valence-electron chi connectivity index (χ3n) is 3.66. The molecule has 0 aliphatic carbocycles. The highest BCUT2D eigenvalue weighted by Gasteiger charge is 2.24. The van der Waals surface area contributed by atoms with Crippen LogP contribution in [-0.2, 0) is 11.3 Å². The fourth-order valence-corrected chi connectivity index (χ4v) is 2.99. The van der Waals surface area contributed by atoms with Crippen LogP contribution in [0, 0.1) is 0 Å². The second kappa shape index (κ2) is 10.2. The van der Waals surface area contributed by atoms with Crippen molar-refractivity contribution in [2.75, 3.05) is 6.54 Å². The van der Waals surface area contributed by atoms with E-state index in [4.69, 9.17) is 34.8 Å². The number of hydrogen-bond acceptors (Lipinski definition) is 3. The molecule has 1 atom stereocenters. The number of urea groups is 1. The molecule has 0 aliphatic rings. The predicted octanol–water partition coefficient (Wildman–Crippen LogP) is 3.33. The minimum absolute atomic E-state index is 0.0414. The summed E-state index contributed by atoms with van der Waals surface area (Å²) in [6, 6.07) is 9.44. The van der Waals surface area contributed by atoms with Crippen LogP contribution in [0.3, 0.4) is 0 Å². The van der Waals surface area contributed by atoms with Crippen molar-refractivity contribution in [2.24, 2.45) is 0 Å². The Morgan fingerprint density at radius 3 is 2.11 bits per heavy atom. The molecule has 28 heavy (non-hydrogen) atoms. The van der Waals surface area contributed by atoms with Crippen molar-refractivity contribution >= 4 is 52.7 Å². The van der Waals surface area contributed by atoms with Crippen molar-refractivity contribution in [1.29, 1.82) is 0 Å². The van der Waals surface area contributed by atoms with Gasteiger partial charge in [0.2, 0.25) is 0 Å². The molecule has 0 saturated heterocycles. The zero-order valence-electron chi connectivity index (χ0n) is 14.3.